The van der Waals surface area contributed by atoms with E-state index in [9.17, 15) is 0 Å². The van der Waals surface area contributed by atoms with Crippen molar-refractivity contribution in [2.24, 2.45) is 0 Å². The Labute approximate surface area is 150 Å². The van der Waals surface area contributed by atoms with Gasteiger partial charge in [-0.25, -0.2) is 0 Å². The summed E-state index contributed by atoms with van der Waals surface area (Å²) in [6.45, 7) is 2.16. The quantitative estimate of drug-likeness (QED) is 0.748. The van der Waals surface area contributed by atoms with Gasteiger partial charge in [0.2, 0.25) is 0 Å². The smallest absolute Gasteiger partial charge is 0.166 e. The molecule has 3 heteroatoms. The summed E-state index contributed by atoms with van der Waals surface area (Å²) in [5.74, 6) is 0. The van der Waals surface area contributed by atoms with Gasteiger partial charge < -0.3 is 10.6 Å². The van der Waals surface area contributed by atoms with Crippen LogP contribution in [0.15, 0.2) is 54.6 Å². The first-order valence-electron chi connectivity index (χ1n) is 8.95. The number of hydrogen-bond donors (Lipinski definition) is 2. The monoisotopic (exact) mass is 338 g/mol. The van der Waals surface area contributed by atoms with E-state index < -0.39 is 0 Å². The van der Waals surface area contributed by atoms with Gasteiger partial charge in [-0.1, -0.05) is 73.9 Å². The van der Waals surface area contributed by atoms with Crippen LogP contribution in [-0.4, -0.2) is 11.2 Å². The van der Waals surface area contributed by atoms with Crippen LogP contribution in [0, 0.1) is 0 Å². The fourth-order valence-electron chi connectivity index (χ4n) is 3.35. The molecule has 1 saturated carbocycles. The molecule has 2 nitrogen and oxygen atoms in total. The molecule has 2 N–H and O–H groups in total. The van der Waals surface area contributed by atoms with E-state index in [-0.39, 0.29) is 6.04 Å². The molecule has 126 valence electrons. The highest BCUT2D eigenvalue weighted by Gasteiger charge is 2.15. The second kappa shape index (κ2) is 8.29. The maximum absolute atomic E-state index is 5.49. The lowest BCUT2D eigenvalue weighted by molar-refractivity contribution is 0.411. The van der Waals surface area contributed by atoms with Gasteiger partial charge in [0.05, 0.1) is 6.04 Å². The summed E-state index contributed by atoms with van der Waals surface area (Å²) in [5, 5.41) is 7.68. The summed E-state index contributed by atoms with van der Waals surface area (Å²) >= 11 is 5.49. The Balaban J connectivity index is 1.56. The van der Waals surface area contributed by atoms with Crippen molar-refractivity contribution >= 4 is 17.3 Å². The zero-order valence-corrected chi connectivity index (χ0v) is 15.1. The van der Waals surface area contributed by atoms with Gasteiger partial charge in [-0.3, -0.25) is 0 Å². The molecule has 1 aliphatic rings. The molecular weight excluding hydrogens is 312 g/mol. The minimum atomic E-state index is 0.207. The van der Waals surface area contributed by atoms with Crippen molar-refractivity contribution in [1.29, 1.82) is 0 Å². The summed E-state index contributed by atoms with van der Waals surface area (Å²) in [6.07, 6.45) is 6.47. The van der Waals surface area contributed by atoms with Crippen molar-refractivity contribution in [3.05, 3.63) is 60.2 Å². The van der Waals surface area contributed by atoms with Gasteiger partial charge in [0.1, 0.15) is 0 Å². The fraction of sp³-hybridized carbons (Fsp3) is 0.381. The van der Waals surface area contributed by atoms with Gasteiger partial charge in [-0.2, -0.15) is 0 Å². The molecule has 2 aromatic rings. The van der Waals surface area contributed by atoms with Gasteiger partial charge in [-0.05, 0) is 48.7 Å². The molecule has 0 bridgehead atoms. The SMILES string of the molecule is C[C@H](NC(=S)NC1CCCCC1)c1ccc(-c2ccccc2)cc1. The minimum Gasteiger partial charge on any atom is -0.360 e. The Hall–Kier alpha value is -1.87. The van der Waals surface area contributed by atoms with Gasteiger partial charge in [0.25, 0.3) is 0 Å². The van der Waals surface area contributed by atoms with Crippen LogP contribution in [0.2, 0.25) is 0 Å². The molecule has 3 rings (SSSR count). The standard InChI is InChI=1S/C21H26N2S/c1-16(22-21(24)23-20-10-6-3-7-11-20)17-12-14-19(15-13-17)18-8-4-2-5-9-18/h2,4-5,8-9,12-16,20H,3,6-7,10-11H2,1H3,(H2,22,23,24)/t16-/m0/s1. The fourth-order valence-corrected chi connectivity index (χ4v) is 3.69. The largest absolute Gasteiger partial charge is 0.360 e. The van der Waals surface area contributed by atoms with E-state index in [0.717, 1.165) is 5.11 Å². The van der Waals surface area contributed by atoms with Crippen LogP contribution in [-0.2, 0) is 0 Å². The van der Waals surface area contributed by atoms with Crippen molar-refractivity contribution < 1.29 is 0 Å². The summed E-state index contributed by atoms with van der Waals surface area (Å²) in [6, 6.07) is 20.0. The van der Waals surface area contributed by atoms with Gasteiger partial charge in [0.15, 0.2) is 5.11 Å². The van der Waals surface area contributed by atoms with Crippen molar-refractivity contribution in [3.63, 3.8) is 0 Å². The Kier molecular flexibility index (Phi) is 5.86. The third-order valence-electron chi connectivity index (χ3n) is 4.81. The molecule has 2 aromatic carbocycles. The molecule has 1 atom stereocenters. The van der Waals surface area contributed by atoms with Crippen molar-refractivity contribution in [2.45, 2.75) is 51.1 Å². The average Bonchev–Trinajstić information content (AvgIpc) is 2.63. The van der Waals surface area contributed by atoms with E-state index in [1.54, 1.807) is 0 Å². The lowest BCUT2D eigenvalue weighted by Gasteiger charge is -2.26. The number of rotatable bonds is 4. The predicted octanol–water partition coefficient (Wildman–Crippen LogP) is 5.21. The Morgan fingerprint density at radius 3 is 2.21 bits per heavy atom. The second-order valence-corrected chi connectivity index (χ2v) is 7.07. The highest BCUT2D eigenvalue weighted by Crippen LogP contribution is 2.22. The first kappa shape index (κ1) is 17.0. The van der Waals surface area contributed by atoms with Crippen molar-refractivity contribution in [1.82, 2.24) is 10.6 Å². The molecule has 0 radical (unpaired) electrons. The molecule has 0 heterocycles. The lowest BCUT2D eigenvalue weighted by atomic mass is 9.96. The van der Waals surface area contributed by atoms with E-state index in [0.29, 0.717) is 6.04 Å². The van der Waals surface area contributed by atoms with E-state index in [4.69, 9.17) is 12.2 Å². The number of thiocarbonyl (C=S) groups is 1. The third-order valence-corrected chi connectivity index (χ3v) is 5.04. The number of benzene rings is 2. The van der Waals surface area contributed by atoms with Gasteiger partial charge in [0, 0.05) is 6.04 Å². The molecule has 0 saturated heterocycles. The highest BCUT2D eigenvalue weighted by atomic mass is 32.1. The first-order chi connectivity index (χ1) is 11.7. The van der Waals surface area contributed by atoms with Gasteiger partial charge in [-0.15, -0.1) is 0 Å². The predicted molar refractivity (Wildman–Crippen MR) is 106 cm³/mol. The van der Waals surface area contributed by atoms with E-state index in [1.807, 2.05) is 6.07 Å². The average molecular weight is 339 g/mol. The molecule has 0 unspecified atom stereocenters. The molecular formula is C21H26N2S. The van der Waals surface area contributed by atoms with E-state index >= 15 is 0 Å². The van der Waals surface area contributed by atoms with Crippen LogP contribution >= 0.6 is 12.2 Å². The van der Waals surface area contributed by atoms with Gasteiger partial charge >= 0.3 is 0 Å². The maximum atomic E-state index is 5.49. The molecule has 0 amide bonds. The molecule has 0 aliphatic heterocycles. The zero-order chi connectivity index (χ0) is 16.8. The number of nitrogens with one attached hydrogen (secondary N) is 2. The molecule has 24 heavy (non-hydrogen) atoms. The second-order valence-electron chi connectivity index (χ2n) is 6.66. The molecule has 1 fully saturated rings. The molecule has 1 aliphatic carbocycles. The van der Waals surface area contributed by atoms with Crippen LogP contribution in [0.1, 0.15) is 50.6 Å². The molecule has 0 spiro atoms. The first-order valence-corrected chi connectivity index (χ1v) is 9.35. The Morgan fingerprint density at radius 1 is 0.917 bits per heavy atom. The lowest BCUT2D eigenvalue weighted by Crippen LogP contribution is -2.43. The minimum absolute atomic E-state index is 0.207. The third kappa shape index (κ3) is 4.57. The van der Waals surface area contributed by atoms with E-state index in [1.165, 1.54) is 48.8 Å². The van der Waals surface area contributed by atoms with Crippen LogP contribution in [0.5, 0.6) is 0 Å². The van der Waals surface area contributed by atoms with Crippen LogP contribution < -0.4 is 10.6 Å². The topological polar surface area (TPSA) is 24.1 Å². The molecule has 0 aromatic heterocycles. The van der Waals surface area contributed by atoms with E-state index in [2.05, 4.69) is 66.1 Å². The zero-order valence-electron chi connectivity index (χ0n) is 14.3. The van der Waals surface area contributed by atoms with Crippen molar-refractivity contribution in [3.8, 4) is 11.1 Å². The highest BCUT2D eigenvalue weighted by molar-refractivity contribution is 7.80. The summed E-state index contributed by atoms with van der Waals surface area (Å²) in [7, 11) is 0. The van der Waals surface area contributed by atoms with Crippen LogP contribution in [0.4, 0.5) is 0 Å². The normalized spacial score (nSPS) is 16.4. The Morgan fingerprint density at radius 2 is 1.54 bits per heavy atom. The van der Waals surface area contributed by atoms with Crippen LogP contribution in [0.25, 0.3) is 11.1 Å². The summed E-state index contributed by atoms with van der Waals surface area (Å²) in [4.78, 5) is 0. The van der Waals surface area contributed by atoms with Crippen molar-refractivity contribution in [2.75, 3.05) is 0 Å². The summed E-state index contributed by atoms with van der Waals surface area (Å²) < 4.78 is 0. The number of hydrogen-bond acceptors (Lipinski definition) is 1. The van der Waals surface area contributed by atoms with Crippen LogP contribution in [0.3, 0.4) is 0 Å². The maximum Gasteiger partial charge on any atom is 0.166 e. The summed E-state index contributed by atoms with van der Waals surface area (Å²) in [5.41, 5.74) is 3.75. The Bertz CT molecular complexity index is 645.